The van der Waals surface area contributed by atoms with Crippen LogP contribution >= 0.6 is 15.9 Å². The van der Waals surface area contributed by atoms with Crippen molar-refractivity contribution in [3.05, 3.63) is 58.0 Å². The monoisotopic (exact) mass is 655 g/mol. The van der Waals surface area contributed by atoms with E-state index >= 15 is 0 Å². The molecule has 11 nitrogen and oxygen atoms in total. The summed E-state index contributed by atoms with van der Waals surface area (Å²) in [6.07, 6.45) is 2.43. The van der Waals surface area contributed by atoms with E-state index in [4.69, 9.17) is 9.72 Å². The Bertz CT molecular complexity index is 1760. The van der Waals surface area contributed by atoms with Crippen LogP contribution in [0, 0.1) is 13.8 Å². The molecule has 42 heavy (non-hydrogen) atoms. The number of aromatic nitrogens is 4. The fraction of sp³-hybridized carbons (Fsp3) is 0.414. The average Bonchev–Trinajstić information content (AvgIpc) is 3.72. The van der Waals surface area contributed by atoms with Gasteiger partial charge in [-0.25, -0.2) is 18.4 Å². The summed E-state index contributed by atoms with van der Waals surface area (Å²) < 4.78 is 34.6. The number of benzene rings is 1. The lowest BCUT2D eigenvalue weighted by molar-refractivity contribution is 0.0303. The van der Waals surface area contributed by atoms with E-state index in [1.54, 1.807) is 17.4 Å². The van der Waals surface area contributed by atoms with Crippen LogP contribution in [0.3, 0.4) is 0 Å². The molecule has 4 aromatic rings. The van der Waals surface area contributed by atoms with Gasteiger partial charge in [-0.3, -0.25) is 4.79 Å². The molecule has 0 spiro atoms. The predicted molar refractivity (Wildman–Crippen MR) is 166 cm³/mol. The number of ether oxygens (including phenoxy) is 1. The zero-order chi connectivity index (χ0) is 29.6. The molecule has 0 unspecified atom stereocenters. The lowest BCUT2D eigenvalue weighted by Crippen LogP contribution is -2.40. The van der Waals surface area contributed by atoms with Crippen LogP contribution in [-0.4, -0.2) is 94.2 Å². The van der Waals surface area contributed by atoms with E-state index in [-0.39, 0.29) is 17.7 Å². The van der Waals surface area contributed by atoms with Crippen molar-refractivity contribution >= 4 is 48.7 Å². The number of halogens is 1. The van der Waals surface area contributed by atoms with Gasteiger partial charge in [0.25, 0.3) is 5.91 Å². The number of sulfonamides is 1. The minimum atomic E-state index is -3.23. The Morgan fingerprint density at radius 3 is 2.74 bits per heavy atom. The quantitative estimate of drug-likeness (QED) is 0.307. The molecule has 0 aliphatic carbocycles. The molecule has 1 atom stereocenters. The molecule has 1 amide bonds. The number of aryl methyl sites for hydroxylation is 1. The van der Waals surface area contributed by atoms with Crippen molar-refractivity contribution in [3.63, 3.8) is 0 Å². The van der Waals surface area contributed by atoms with Crippen LogP contribution < -0.4 is 5.32 Å². The van der Waals surface area contributed by atoms with E-state index in [9.17, 15) is 13.2 Å². The first-order valence-electron chi connectivity index (χ1n) is 14.1. The molecule has 0 radical (unpaired) electrons. The summed E-state index contributed by atoms with van der Waals surface area (Å²) in [5.74, 6) is 0.785. The Morgan fingerprint density at radius 2 is 1.98 bits per heavy atom. The van der Waals surface area contributed by atoms with Gasteiger partial charge in [-0.15, -0.1) is 0 Å². The second-order valence-corrected chi connectivity index (χ2v) is 13.8. The number of rotatable bonds is 7. The molecular weight excluding hydrogens is 622 g/mol. The Balaban J connectivity index is 1.30. The third-order valence-corrected chi connectivity index (χ3v) is 10.5. The first-order chi connectivity index (χ1) is 20.2. The molecule has 2 aliphatic rings. The van der Waals surface area contributed by atoms with E-state index in [0.717, 1.165) is 32.8 Å². The van der Waals surface area contributed by atoms with E-state index in [2.05, 4.69) is 41.8 Å². The molecule has 13 heteroatoms. The number of imidazole rings is 1. The fourth-order valence-electron chi connectivity index (χ4n) is 5.81. The summed E-state index contributed by atoms with van der Waals surface area (Å²) in [5, 5.41) is 3.52. The Kier molecular flexibility index (Phi) is 7.85. The van der Waals surface area contributed by atoms with Gasteiger partial charge in [-0.1, -0.05) is 6.07 Å². The maximum Gasteiger partial charge on any atom is 0.254 e. The van der Waals surface area contributed by atoms with Crippen molar-refractivity contribution in [2.45, 2.75) is 33.2 Å². The highest BCUT2D eigenvalue weighted by molar-refractivity contribution is 9.10. The first-order valence-corrected chi connectivity index (χ1v) is 16.5. The van der Waals surface area contributed by atoms with Crippen LogP contribution in [0.15, 0.2) is 41.0 Å². The molecule has 2 aliphatic heterocycles. The minimum absolute atomic E-state index is 0.00878. The second-order valence-electron chi connectivity index (χ2n) is 10.7. The molecule has 5 heterocycles. The summed E-state index contributed by atoms with van der Waals surface area (Å²) in [6.45, 7) is 8.97. The molecule has 2 N–H and O–H groups in total. The highest BCUT2D eigenvalue weighted by Gasteiger charge is 2.31. The molecular formula is C29H34BrN7O4S. The number of carbonyl (C=O) groups excluding carboxylic acids is 1. The van der Waals surface area contributed by atoms with Crippen LogP contribution in [-0.2, 0) is 14.8 Å². The number of amides is 1. The molecule has 2 saturated heterocycles. The summed E-state index contributed by atoms with van der Waals surface area (Å²) in [7, 11) is -3.23. The van der Waals surface area contributed by atoms with E-state index in [1.165, 1.54) is 0 Å². The topological polar surface area (TPSA) is 125 Å². The van der Waals surface area contributed by atoms with Crippen LogP contribution in [0.2, 0.25) is 0 Å². The molecule has 3 aromatic heterocycles. The maximum absolute atomic E-state index is 13.1. The van der Waals surface area contributed by atoms with Crippen LogP contribution in [0.4, 0.5) is 5.69 Å². The molecule has 1 aromatic carbocycles. The van der Waals surface area contributed by atoms with Crippen molar-refractivity contribution in [1.82, 2.24) is 28.7 Å². The van der Waals surface area contributed by atoms with Gasteiger partial charge in [0.2, 0.25) is 10.0 Å². The van der Waals surface area contributed by atoms with Crippen molar-refractivity contribution in [2.75, 3.05) is 50.5 Å². The standard InChI is InChI=1S/C29H34BrN7O4S/c1-4-42(39,40)36-9-8-21(17-36)32-25-24(30)16-31-28-26(25)33-27(34-28)23-14-18(2)37(19(23)3)22-7-5-6-20(15-22)29(38)35-10-12-41-13-11-35/h5-7,14-16,21H,4,8-13,17H2,1-3H3,(H2,31,32,33,34)/t21-/m0/s1. The second kappa shape index (κ2) is 11.4. The number of pyridine rings is 1. The lowest BCUT2D eigenvalue weighted by Gasteiger charge is -2.27. The number of aromatic amines is 1. The van der Waals surface area contributed by atoms with Crippen LogP contribution in [0.1, 0.15) is 35.1 Å². The Labute approximate surface area is 253 Å². The number of morpholine rings is 1. The highest BCUT2D eigenvalue weighted by Crippen LogP contribution is 2.34. The number of carbonyl (C=O) groups is 1. The maximum atomic E-state index is 13.1. The minimum Gasteiger partial charge on any atom is -0.378 e. The van der Waals surface area contributed by atoms with E-state index in [0.29, 0.717) is 68.4 Å². The van der Waals surface area contributed by atoms with Gasteiger partial charge in [0.1, 0.15) is 11.3 Å². The van der Waals surface area contributed by atoms with Crippen molar-refractivity contribution in [1.29, 1.82) is 0 Å². The highest BCUT2D eigenvalue weighted by atomic mass is 79.9. The van der Waals surface area contributed by atoms with E-state index < -0.39 is 10.0 Å². The third-order valence-electron chi connectivity index (χ3n) is 8.06. The molecule has 0 bridgehead atoms. The van der Waals surface area contributed by atoms with Gasteiger partial charge in [0.15, 0.2) is 5.65 Å². The van der Waals surface area contributed by atoms with Gasteiger partial charge >= 0.3 is 0 Å². The summed E-state index contributed by atoms with van der Waals surface area (Å²) in [5.41, 5.74) is 6.57. The fourth-order valence-corrected chi connectivity index (χ4v) is 7.37. The summed E-state index contributed by atoms with van der Waals surface area (Å²) >= 11 is 3.61. The first kappa shape index (κ1) is 28.8. The number of anilines is 1. The van der Waals surface area contributed by atoms with Gasteiger partial charge in [-0.05, 0) is 67.4 Å². The van der Waals surface area contributed by atoms with Crippen LogP contribution in [0.5, 0.6) is 0 Å². The number of nitrogens with one attached hydrogen (secondary N) is 2. The SMILES string of the molecule is CCS(=O)(=O)N1CC[C@H](Nc2c(Br)cnc3[nH]c(-c4cc(C)n(-c5cccc(C(=O)N6CCOCC6)c5)c4C)nc23)C1. The van der Waals surface area contributed by atoms with Crippen molar-refractivity contribution in [2.24, 2.45) is 0 Å². The van der Waals surface area contributed by atoms with Gasteiger partial charge in [0.05, 0.1) is 29.1 Å². The zero-order valence-electron chi connectivity index (χ0n) is 23.9. The molecule has 2 fully saturated rings. The number of hydrogen-bond donors (Lipinski definition) is 2. The Morgan fingerprint density at radius 1 is 1.19 bits per heavy atom. The number of nitrogens with zero attached hydrogens (tertiary/aromatic N) is 5. The van der Waals surface area contributed by atoms with E-state index in [1.807, 2.05) is 43.0 Å². The zero-order valence-corrected chi connectivity index (χ0v) is 26.3. The largest absolute Gasteiger partial charge is 0.378 e. The number of H-pyrrole nitrogens is 1. The molecule has 0 saturated carbocycles. The summed E-state index contributed by atoms with van der Waals surface area (Å²) in [6, 6.07) is 9.75. The smallest absolute Gasteiger partial charge is 0.254 e. The Hall–Kier alpha value is -3.26. The molecule has 6 rings (SSSR count). The number of fused-ring (bicyclic) bond motifs is 1. The third kappa shape index (κ3) is 5.34. The lowest BCUT2D eigenvalue weighted by atomic mass is 10.1. The molecule has 222 valence electrons. The van der Waals surface area contributed by atoms with Crippen LogP contribution in [0.25, 0.3) is 28.2 Å². The summed E-state index contributed by atoms with van der Waals surface area (Å²) in [4.78, 5) is 27.9. The van der Waals surface area contributed by atoms with Gasteiger partial charge in [-0.2, -0.15) is 4.31 Å². The normalized spacial score (nSPS) is 18.2. The number of hydrogen-bond acceptors (Lipinski definition) is 7. The van der Waals surface area contributed by atoms with Gasteiger partial charge < -0.3 is 24.5 Å². The predicted octanol–water partition coefficient (Wildman–Crippen LogP) is 4.10. The van der Waals surface area contributed by atoms with Crippen molar-refractivity contribution < 1.29 is 17.9 Å². The van der Waals surface area contributed by atoms with Gasteiger partial charge in [0, 0.05) is 66.6 Å². The average molecular weight is 657 g/mol. The van der Waals surface area contributed by atoms with Crippen molar-refractivity contribution in [3.8, 4) is 17.1 Å².